The van der Waals surface area contributed by atoms with Crippen molar-refractivity contribution in [2.75, 3.05) is 42.6 Å². The maximum absolute atomic E-state index is 14.7. The molecule has 4 heterocycles. The fourth-order valence-corrected chi connectivity index (χ4v) is 10.6. The Bertz CT molecular complexity index is 1550. The highest BCUT2D eigenvalue weighted by molar-refractivity contribution is 6.71. The van der Waals surface area contributed by atoms with Crippen molar-refractivity contribution < 1.29 is 33.9 Å². The van der Waals surface area contributed by atoms with Crippen molar-refractivity contribution in [3.05, 3.63) is 63.7 Å². The van der Waals surface area contributed by atoms with Crippen LogP contribution in [0.15, 0.2) is 42.5 Å². The number of fused-ring (bicyclic) bond motifs is 2. The number of hydrogen-bond acceptors (Lipinski definition) is 9. The van der Waals surface area contributed by atoms with Crippen molar-refractivity contribution in [2.24, 2.45) is 5.92 Å². The highest BCUT2D eigenvalue weighted by Gasteiger charge is 2.66. The van der Waals surface area contributed by atoms with Crippen LogP contribution in [0.1, 0.15) is 37.3 Å². The molecular weight excluding hydrogens is 610 g/mol. The van der Waals surface area contributed by atoms with E-state index in [-0.39, 0.29) is 49.7 Å². The quantitative estimate of drug-likeness (QED) is 0.221. The molecular formula is C32H41N5O8Si. The fourth-order valence-electron chi connectivity index (χ4n) is 8.02. The highest BCUT2D eigenvalue weighted by atomic mass is 28.4. The zero-order chi connectivity index (χ0) is 33.0. The molecule has 1 spiro atoms. The van der Waals surface area contributed by atoms with E-state index in [9.17, 15) is 34.4 Å². The van der Waals surface area contributed by atoms with Crippen molar-refractivity contribution in [2.45, 2.75) is 69.1 Å². The van der Waals surface area contributed by atoms with Gasteiger partial charge in [-0.2, -0.15) is 0 Å². The Morgan fingerprint density at radius 2 is 1.91 bits per heavy atom. The lowest BCUT2D eigenvalue weighted by Crippen LogP contribution is -2.48. The van der Waals surface area contributed by atoms with E-state index in [0.29, 0.717) is 37.3 Å². The second kappa shape index (κ2) is 12.2. The Morgan fingerprint density at radius 3 is 2.57 bits per heavy atom. The van der Waals surface area contributed by atoms with Gasteiger partial charge in [0.2, 0.25) is 11.8 Å². The van der Waals surface area contributed by atoms with Crippen LogP contribution in [0.25, 0.3) is 0 Å². The minimum absolute atomic E-state index is 0.0203. The van der Waals surface area contributed by atoms with Gasteiger partial charge in [0.15, 0.2) is 13.9 Å². The van der Waals surface area contributed by atoms with E-state index in [2.05, 4.69) is 5.32 Å². The summed E-state index contributed by atoms with van der Waals surface area (Å²) in [4.78, 5) is 68.5. The molecule has 14 heteroatoms. The van der Waals surface area contributed by atoms with Gasteiger partial charge in [-0.3, -0.25) is 24.5 Å². The van der Waals surface area contributed by atoms with Gasteiger partial charge in [-0.25, -0.2) is 0 Å². The van der Waals surface area contributed by atoms with Crippen molar-refractivity contribution in [3.8, 4) is 0 Å². The first-order chi connectivity index (χ1) is 21.9. The number of carbonyl (C=O) groups is 3. The fraction of sp³-hybridized carbons (Fsp3) is 0.531. The average molecular weight is 652 g/mol. The molecule has 0 aromatic heterocycles. The van der Waals surface area contributed by atoms with Crippen LogP contribution in [0.5, 0.6) is 0 Å². The maximum Gasteiger partial charge on any atom is 0.269 e. The molecule has 5 atom stereocenters. The number of aliphatic hydroxyl groups excluding tert-OH is 1. The van der Waals surface area contributed by atoms with Crippen molar-refractivity contribution in [3.63, 3.8) is 0 Å². The van der Waals surface area contributed by atoms with E-state index in [1.165, 1.54) is 12.1 Å². The van der Waals surface area contributed by atoms with Gasteiger partial charge in [-0.1, -0.05) is 19.1 Å². The Balaban J connectivity index is 1.35. The van der Waals surface area contributed by atoms with Crippen LogP contribution in [-0.2, 0) is 31.3 Å². The van der Waals surface area contributed by atoms with Gasteiger partial charge >= 0.3 is 0 Å². The minimum Gasteiger partial charge on any atom is -0.432 e. The van der Waals surface area contributed by atoms with Gasteiger partial charge in [0.25, 0.3) is 11.6 Å². The summed E-state index contributed by atoms with van der Waals surface area (Å²) in [5.74, 6) is -1.22. The van der Waals surface area contributed by atoms with Crippen LogP contribution >= 0.6 is 0 Å². The number of nitrogens with zero attached hydrogens (tertiary/aromatic N) is 4. The number of amides is 3. The number of nitro benzene ring substituents is 1. The number of likely N-dealkylation sites (tertiary alicyclic amines) is 1. The summed E-state index contributed by atoms with van der Waals surface area (Å²) in [6.07, 6.45) is 0.604. The SMILES string of the molecule is C[C@@H]1[C@@H]([Si](C)(C)O)[C@H](CC(=O)N2CCC[C@H]2CO)O[C@@]12C(=O)N(Cc1ccc(N3CCNCC3=O)cc1)c1ccc([N+](=O)[O-])cc12. The van der Waals surface area contributed by atoms with E-state index in [1.807, 2.05) is 31.2 Å². The van der Waals surface area contributed by atoms with Gasteiger partial charge in [0, 0.05) is 54.5 Å². The van der Waals surface area contributed by atoms with Crippen LogP contribution in [0.4, 0.5) is 17.1 Å². The predicted molar refractivity (Wildman–Crippen MR) is 172 cm³/mol. The summed E-state index contributed by atoms with van der Waals surface area (Å²) < 4.78 is 6.71. The van der Waals surface area contributed by atoms with E-state index in [4.69, 9.17) is 4.74 Å². The molecule has 2 aromatic carbocycles. The standard InChI is InChI=1S/C32H41N5O8Si/c1-20-30(46(2,3)44)27(16-28(39)34-13-4-5-24(34)19-38)45-32(20)25-15-23(37(42)43)10-11-26(25)36(31(32)41)18-21-6-8-22(9-7-21)35-14-12-33-17-29(35)40/h6-11,15,20,24,27,30,33,38,44H,4-5,12-14,16-19H2,1-3H3/t20-,24+,27+,30-,32+/m1/s1. The molecule has 3 N–H and O–H groups in total. The molecule has 6 rings (SSSR count). The first-order valence-electron chi connectivity index (χ1n) is 15.9. The van der Waals surface area contributed by atoms with E-state index in [1.54, 1.807) is 33.9 Å². The topological polar surface area (TPSA) is 166 Å². The highest BCUT2D eigenvalue weighted by Crippen LogP contribution is 2.60. The molecule has 246 valence electrons. The molecule has 4 aliphatic heterocycles. The molecule has 3 fully saturated rings. The third kappa shape index (κ3) is 5.41. The van der Waals surface area contributed by atoms with Crippen molar-refractivity contribution in [1.82, 2.24) is 10.2 Å². The first kappa shape index (κ1) is 32.3. The van der Waals surface area contributed by atoms with Crippen LogP contribution in [0, 0.1) is 16.0 Å². The summed E-state index contributed by atoms with van der Waals surface area (Å²) in [6.45, 7) is 7.40. The molecule has 3 saturated heterocycles. The van der Waals surface area contributed by atoms with E-state index < -0.39 is 42.3 Å². The molecule has 0 radical (unpaired) electrons. The smallest absolute Gasteiger partial charge is 0.269 e. The molecule has 0 aliphatic carbocycles. The number of nitrogens with one attached hydrogen (secondary N) is 1. The van der Waals surface area contributed by atoms with Crippen LogP contribution in [0.2, 0.25) is 18.6 Å². The third-order valence-corrected chi connectivity index (χ3v) is 12.6. The summed E-state index contributed by atoms with van der Waals surface area (Å²) in [5, 5.41) is 24.8. The lowest BCUT2D eigenvalue weighted by molar-refractivity contribution is -0.385. The zero-order valence-electron chi connectivity index (χ0n) is 26.3. The molecule has 2 aromatic rings. The van der Waals surface area contributed by atoms with Crippen LogP contribution in [0.3, 0.4) is 0 Å². The summed E-state index contributed by atoms with van der Waals surface area (Å²) in [6, 6.07) is 11.4. The average Bonchev–Trinajstić information content (AvgIpc) is 3.68. The van der Waals surface area contributed by atoms with Crippen LogP contribution < -0.4 is 15.1 Å². The summed E-state index contributed by atoms with van der Waals surface area (Å²) >= 11 is 0. The number of piperazine rings is 1. The van der Waals surface area contributed by atoms with Gasteiger partial charge in [-0.05, 0) is 49.7 Å². The summed E-state index contributed by atoms with van der Waals surface area (Å²) in [7, 11) is -3.07. The van der Waals surface area contributed by atoms with Crippen molar-refractivity contribution >= 4 is 43.1 Å². The normalized spacial score (nSPS) is 28.0. The van der Waals surface area contributed by atoms with Gasteiger partial charge in [0.1, 0.15) is 0 Å². The van der Waals surface area contributed by atoms with Crippen LogP contribution in [-0.4, -0.2) is 90.7 Å². The van der Waals surface area contributed by atoms with Gasteiger partial charge in [-0.15, -0.1) is 0 Å². The number of hydrogen-bond donors (Lipinski definition) is 3. The molecule has 0 unspecified atom stereocenters. The number of aliphatic hydroxyl groups is 1. The maximum atomic E-state index is 14.7. The Kier molecular flexibility index (Phi) is 8.52. The lowest BCUT2D eigenvalue weighted by atomic mass is 9.82. The lowest BCUT2D eigenvalue weighted by Gasteiger charge is -2.32. The van der Waals surface area contributed by atoms with E-state index in [0.717, 1.165) is 17.7 Å². The molecule has 4 aliphatic rings. The van der Waals surface area contributed by atoms with Crippen molar-refractivity contribution in [1.29, 1.82) is 0 Å². The minimum atomic E-state index is -3.07. The number of non-ortho nitro benzene ring substituents is 1. The number of rotatable bonds is 8. The Morgan fingerprint density at radius 1 is 1.17 bits per heavy atom. The molecule has 46 heavy (non-hydrogen) atoms. The molecule has 0 saturated carbocycles. The molecule has 0 bridgehead atoms. The van der Waals surface area contributed by atoms with E-state index >= 15 is 0 Å². The van der Waals surface area contributed by atoms with Gasteiger partial charge in [0.05, 0.1) is 48.9 Å². The number of anilines is 2. The molecule has 3 amide bonds. The molecule has 13 nitrogen and oxygen atoms in total. The number of ether oxygens (including phenoxy) is 1. The first-order valence-corrected chi connectivity index (χ1v) is 18.9. The van der Waals surface area contributed by atoms with Gasteiger partial charge < -0.3 is 34.7 Å². The number of carbonyl (C=O) groups excluding carboxylic acids is 3. The zero-order valence-corrected chi connectivity index (χ0v) is 27.3. The second-order valence-electron chi connectivity index (χ2n) is 13.4. The summed E-state index contributed by atoms with van der Waals surface area (Å²) in [5.41, 5.74) is 0.0257. The second-order valence-corrected chi connectivity index (χ2v) is 17.3. The Labute approximate surface area is 268 Å². The Hall–Kier alpha value is -3.69. The monoisotopic (exact) mass is 651 g/mol. The predicted octanol–water partition coefficient (Wildman–Crippen LogP) is 2.25. The number of benzene rings is 2. The largest absolute Gasteiger partial charge is 0.432 e. The number of nitro groups is 1. The third-order valence-electron chi connectivity index (χ3n) is 10.1.